The fraction of sp³-hybridized carbons (Fsp3) is 0.500. The van der Waals surface area contributed by atoms with Crippen molar-refractivity contribution in [3.8, 4) is 17.6 Å². The molecule has 0 bridgehead atoms. The third-order valence-electron chi connectivity index (χ3n) is 5.52. The van der Waals surface area contributed by atoms with Crippen LogP contribution in [0.5, 0.6) is 5.75 Å². The number of benzene rings is 2. The van der Waals surface area contributed by atoms with Crippen LogP contribution in [0.2, 0.25) is 0 Å². The van der Waals surface area contributed by atoms with Crippen molar-refractivity contribution in [1.82, 2.24) is 0 Å². The molecule has 0 aliphatic carbocycles. The molecule has 0 aromatic heterocycles. The second-order valence-corrected chi connectivity index (χ2v) is 8.92. The molecule has 0 unspecified atom stereocenters. The van der Waals surface area contributed by atoms with E-state index >= 15 is 0 Å². The summed E-state index contributed by atoms with van der Waals surface area (Å²) in [6.07, 6.45) is 13.2. The summed E-state index contributed by atoms with van der Waals surface area (Å²) in [5.74, 6) is 9.96. The number of unbranched alkanes of at least 4 members (excludes halogenated alkanes) is 8. The molecule has 168 valence electrons. The minimum Gasteiger partial charge on any atom is -0.494 e. The van der Waals surface area contributed by atoms with Crippen LogP contribution in [-0.2, 0) is 0 Å². The minimum atomic E-state index is 0.695. The second kappa shape index (κ2) is 17.1. The highest BCUT2D eigenvalue weighted by Gasteiger charge is 2.03. The Balaban J connectivity index is 1.45. The van der Waals surface area contributed by atoms with Crippen molar-refractivity contribution in [2.45, 2.75) is 64.2 Å². The lowest BCUT2D eigenvalue weighted by molar-refractivity contribution is 0.304. The van der Waals surface area contributed by atoms with Crippen LogP contribution in [0.25, 0.3) is 0 Å². The third-order valence-corrected chi connectivity index (χ3v) is 6.55. The quantitative estimate of drug-likeness (QED) is 0.158. The Kier molecular flexibility index (Phi) is 14.2. The van der Waals surface area contributed by atoms with Crippen LogP contribution < -0.4 is 4.74 Å². The lowest BCUT2D eigenvalue weighted by atomic mass is 10.0. The van der Waals surface area contributed by atoms with Crippen molar-refractivity contribution in [3.63, 3.8) is 0 Å². The van der Waals surface area contributed by atoms with Crippen molar-refractivity contribution < 1.29 is 4.74 Å². The van der Waals surface area contributed by atoms with Crippen molar-refractivity contribution in [2.75, 3.05) is 18.1 Å². The van der Waals surface area contributed by atoms with E-state index in [-0.39, 0.29) is 0 Å². The standard InChI is InChI=1S/C28H38OS2/c30-23-27(24-31)15-9-6-4-2-1-3-5-7-12-22-29-28-20-18-26(19-21-28)17-16-25-13-10-8-11-14-25/h8,10-11,13-14,18-21,27,30-31H,1-7,9,12,15,22-24H2. The van der Waals surface area contributed by atoms with Crippen LogP contribution in [0.15, 0.2) is 54.6 Å². The number of hydrogen-bond acceptors (Lipinski definition) is 3. The normalized spacial score (nSPS) is 10.7. The molecule has 0 spiro atoms. The molecule has 0 saturated carbocycles. The Morgan fingerprint density at radius 1 is 0.613 bits per heavy atom. The minimum absolute atomic E-state index is 0.695. The predicted molar refractivity (Wildman–Crippen MR) is 142 cm³/mol. The molecule has 0 fully saturated rings. The van der Waals surface area contributed by atoms with Crippen LogP contribution >= 0.6 is 25.3 Å². The van der Waals surface area contributed by atoms with Gasteiger partial charge in [0.25, 0.3) is 0 Å². The first-order valence-electron chi connectivity index (χ1n) is 11.8. The van der Waals surface area contributed by atoms with Crippen molar-refractivity contribution in [3.05, 3.63) is 65.7 Å². The van der Waals surface area contributed by atoms with Gasteiger partial charge in [-0.05, 0) is 66.7 Å². The average Bonchev–Trinajstić information content (AvgIpc) is 2.82. The van der Waals surface area contributed by atoms with E-state index < -0.39 is 0 Å². The zero-order valence-corrected chi connectivity index (χ0v) is 20.6. The molecule has 2 rings (SSSR count). The second-order valence-electron chi connectivity index (χ2n) is 8.19. The molecule has 2 aromatic carbocycles. The maximum absolute atomic E-state index is 5.87. The highest BCUT2D eigenvalue weighted by atomic mass is 32.1. The lowest BCUT2D eigenvalue weighted by Gasteiger charge is -2.10. The fourth-order valence-corrected chi connectivity index (χ4v) is 4.33. The highest BCUT2D eigenvalue weighted by molar-refractivity contribution is 7.81. The van der Waals surface area contributed by atoms with Crippen LogP contribution in [0.1, 0.15) is 75.3 Å². The number of hydrogen-bond donors (Lipinski definition) is 2. The van der Waals surface area contributed by atoms with Crippen LogP contribution in [0, 0.1) is 17.8 Å². The molecule has 0 radical (unpaired) electrons. The topological polar surface area (TPSA) is 9.23 Å². The molecule has 3 heteroatoms. The fourth-order valence-electron chi connectivity index (χ4n) is 3.50. The molecule has 1 nitrogen and oxygen atoms in total. The molecule has 0 atom stereocenters. The van der Waals surface area contributed by atoms with E-state index in [2.05, 4.69) is 37.1 Å². The molecule has 0 heterocycles. The summed E-state index contributed by atoms with van der Waals surface area (Å²) in [7, 11) is 0. The van der Waals surface area contributed by atoms with Gasteiger partial charge in [0.1, 0.15) is 5.75 Å². The van der Waals surface area contributed by atoms with Gasteiger partial charge in [-0.3, -0.25) is 0 Å². The largest absolute Gasteiger partial charge is 0.494 e. The van der Waals surface area contributed by atoms with Crippen LogP contribution in [0.4, 0.5) is 0 Å². The van der Waals surface area contributed by atoms with Crippen LogP contribution in [-0.4, -0.2) is 18.1 Å². The van der Waals surface area contributed by atoms with Crippen LogP contribution in [0.3, 0.4) is 0 Å². The van der Waals surface area contributed by atoms with Gasteiger partial charge in [0, 0.05) is 11.1 Å². The Bertz CT molecular complexity index is 742. The van der Waals surface area contributed by atoms with Crippen molar-refractivity contribution in [1.29, 1.82) is 0 Å². The summed E-state index contributed by atoms with van der Waals surface area (Å²) in [4.78, 5) is 0. The van der Waals surface area contributed by atoms with E-state index in [1.165, 1.54) is 57.8 Å². The maximum atomic E-state index is 5.87. The molecule has 0 saturated heterocycles. The van der Waals surface area contributed by atoms with Crippen molar-refractivity contribution >= 4 is 25.3 Å². The van der Waals surface area contributed by atoms with Gasteiger partial charge in [-0.15, -0.1) is 0 Å². The first-order chi connectivity index (χ1) is 15.3. The van der Waals surface area contributed by atoms with E-state index in [9.17, 15) is 0 Å². The lowest BCUT2D eigenvalue weighted by Crippen LogP contribution is -2.03. The summed E-state index contributed by atoms with van der Waals surface area (Å²) in [5, 5.41) is 0. The van der Waals surface area contributed by atoms with Gasteiger partial charge in [-0.2, -0.15) is 25.3 Å². The molecule has 0 amide bonds. The van der Waals surface area contributed by atoms with Gasteiger partial charge in [0.05, 0.1) is 6.61 Å². The number of ether oxygens (including phenoxy) is 1. The van der Waals surface area contributed by atoms with Gasteiger partial charge in [-0.1, -0.05) is 81.4 Å². The van der Waals surface area contributed by atoms with E-state index in [4.69, 9.17) is 4.74 Å². The smallest absolute Gasteiger partial charge is 0.119 e. The predicted octanol–water partition coefficient (Wildman–Crippen LogP) is 7.84. The summed E-state index contributed by atoms with van der Waals surface area (Å²) >= 11 is 8.77. The monoisotopic (exact) mass is 454 g/mol. The SMILES string of the molecule is SCC(CS)CCCCCCCCCCCOc1ccc(C#Cc2ccccc2)cc1. The number of rotatable bonds is 15. The Morgan fingerprint density at radius 3 is 1.71 bits per heavy atom. The summed E-state index contributed by atoms with van der Waals surface area (Å²) in [5.41, 5.74) is 2.05. The Hall–Kier alpha value is -1.50. The van der Waals surface area contributed by atoms with E-state index in [1.807, 2.05) is 54.6 Å². The summed E-state index contributed by atoms with van der Waals surface area (Å²) in [6.45, 7) is 0.798. The van der Waals surface area contributed by atoms with E-state index in [0.29, 0.717) is 5.92 Å². The van der Waals surface area contributed by atoms with Gasteiger partial charge >= 0.3 is 0 Å². The summed E-state index contributed by atoms with van der Waals surface area (Å²) in [6, 6.07) is 18.2. The highest BCUT2D eigenvalue weighted by Crippen LogP contribution is 2.16. The Morgan fingerprint density at radius 2 is 1.13 bits per heavy atom. The maximum Gasteiger partial charge on any atom is 0.119 e. The van der Waals surface area contributed by atoms with Gasteiger partial charge in [-0.25, -0.2) is 0 Å². The van der Waals surface area contributed by atoms with E-state index in [1.54, 1.807) is 0 Å². The zero-order chi connectivity index (χ0) is 22.0. The first-order valence-corrected chi connectivity index (χ1v) is 13.1. The zero-order valence-electron chi connectivity index (χ0n) is 18.8. The van der Waals surface area contributed by atoms with Gasteiger partial charge in [0.2, 0.25) is 0 Å². The average molecular weight is 455 g/mol. The molecular formula is C28H38OS2. The van der Waals surface area contributed by atoms with E-state index in [0.717, 1.165) is 41.4 Å². The molecule has 0 aliphatic heterocycles. The molecule has 31 heavy (non-hydrogen) atoms. The third kappa shape index (κ3) is 12.2. The van der Waals surface area contributed by atoms with Gasteiger partial charge in [0.15, 0.2) is 0 Å². The first kappa shape index (κ1) is 25.8. The number of thiol groups is 2. The molecular weight excluding hydrogens is 416 g/mol. The van der Waals surface area contributed by atoms with Crippen molar-refractivity contribution in [2.24, 2.45) is 5.92 Å². The summed E-state index contributed by atoms with van der Waals surface area (Å²) < 4.78 is 5.87. The van der Waals surface area contributed by atoms with Gasteiger partial charge < -0.3 is 4.74 Å². The molecule has 0 aliphatic rings. The Labute approximate surface area is 201 Å². The molecule has 0 N–H and O–H groups in total. The molecule has 2 aromatic rings.